The quantitative estimate of drug-likeness (QED) is 0.171. The van der Waals surface area contributed by atoms with Crippen molar-refractivity contribution in [1.82, 2.24) is 25.9 Å². The number of nitrogens with two attached hydrogens (primary N) is 2. The highest BCUT2D eigenvalue weighted by molar-refractivity contribution is 5.96. The van der Waals surface area contributed by atoms with E-state index in [9.17, 15) is 29.1 Å². The van der Waals surface area contributed by atoms with Crippen molar-refractivity contribution in [3.8, 4) is 0 Å². The molecule has 0 fully saturated rings. The number of carbonyl (C=O) groups is 5. The summed E-state index contributed by atoms with van der Waals surface area (Å²) in [5, 5.41) is 16.6. The summed E-state index contributed by atoms with van der Waals surface area (Å²) in [6.07, 6.45) is 2.51. The predicted octanol–water partition coefficient (Wildman–Crippen LogP) is -1.99. The first-order valence-corrected chi connectivity index (χ1v) is 10.5. The molecule has 1 rings (SSSR count). The molecule has 0 aliphatic heterocycles. The molecule has 1 aromatic rings. The lowest BCUT2D eigenvalue weighted by molar-refractivity contribution is -0.144. The number of carboxylic acid groups (broad SMARTS) is 1. The van der Waals surface area contributed by atoms with Crippen LogP contribution in [0.4, 0.5) is 0 Å². The number of amides is 4. The Labute approximate surface area is 191 Å². The lowest BCUT2D eigenvalue weighted by atomic mass is 9.99. The van der Waals surface area contributed by atoms with Crippen LogP contribution in [0.5, 0.6) is 0 Å². The van der Waals surface area contributed by atoms with Gasteiger partial charge < -0.3 is 37.5 Å². The largest absolute Gasteiger partial charge is 0.480 e. The molecule has 1 heterocycles. The number of carbonyl (C=O) groups excluding carboxylic acids is 4. The van der Waals surface area contributed by atoms with Gasteiger partial charge in [0.15, 0.2) is 0 Å². The summed E-state index contributed by atoms with van der Waals surface area (Å²) >= 11 is 0. The Morgan fingerprint density at radius 2 is 1.55 bits per heavy atom. The highest BCUT2D eigenvalue weighted by atomic mass is 16.4. The molecule has 13 heteroatoms. The molecule has 9 N–H and O–H groups in total. The monoisotopic (exact) mass is 467 g/mol. The zero-order valence-electron chi connectivity index (χ0n) is 19.1. The third-order valence-electron chi connectivity index (χ3n) is 4.85. The minimum Gasteiger partial charge on any atom is -0.480 e. The van der Waals surface area contributed by atoms with Crippen LogP contribution < -0.4 is 27.4 Å². The van der Waals surface area contributed by atoms with Gasteiger partial charge in [-0.05, 0) is 11.8 Å². The second kappa shape index (κ2) is 12.5. The van der Waals surface area contributed by atoms with Crippen molar-refractivity contribution >= 4 is 29.6 Å². The Morgan fingerprint density at radius 1 is 0.970 bits per heavy atom. The molecule has 13 nitrogen and oxygen atoms in total. The van der Waals surface area contributed by atoms with Gasteiger partial charge in [-0.1, -0.05) is 27.7 Å². The van der Waals surface area contributed by atoms with Crippen LogP contribution in [0, 0.1) is 11.8 Å². The zero-order valence-corrected chi connectivity index (χ0v) is 19.1. The Balaban J connectivity index is 2.92. The summed E-state index contributed by atoms with van der Waals surface area (Å²) in [6, 6.07) is -4.70. The summed E-state index contributed by atoms with van der Waals surface area (Å²) < 4.78 is 0. The van der Waals surface area contributed by atoms with E-state index >= 15 is 0 Å². The van der Waals surface area contributed by atoms with E-state index in [1.165, 1.54) is 12.5 Å². The molecule has 0 radical (unpaired) electrons. The molecule has 0 spiro atoms. The number of imidazole rings is 1. The van der Waals surface area contributed by atoms with Crippen molar-refractivity contribution in [1.29, 1.82) is 0 Å². The Bertz CT molecular complexity index is 840. The van der Waals surface area contributed by atoms with Crippen LogP contribution in [0.3, 0.4) is 0 Å². The minimum absolute atomic E-state index is 0.111. The predicted molar refractivity (Wildman–Crippen MR) is 117 cm³/mol. The molecule has 4 unspecified atom stereocenters. The number of rotatable bonds is 13. The lowest BCUT2D eigenvalue weighted by Gasteiger charge is -2.27. The van der Waals surface area contributed by atoms with Crippen LogP contribution in [0.15, 0.2) is 12.5 Å². The number of nitrogens with one attached hydrogen (secondary N) is 4. The molecule has 184 valence electrons. The number of hydrogen-bond acceptors (Lipinski definition) is 7. The highest BCUT2D eigenvalue weighted by Gasteiger charge is 2.33. The van der Waals surface area contributed by atoms with Gasteiger partial charge in [-0.15, -0.1) is 0 Å². The number of aliphatic carboxylic acids is 1. The maximum atomic E-state index is 12.8. The van der Waals surface area contributed by atoms with Gasteiger partial charge in [0, 0.05) is 18.3 Å². The zero-order chi connectivity index (χ0) is 25.3. The third kappa shape index (κ3) is 8.88. The van der Waals surface area contributed by atoms with E-state index in [4.69, 9.17) is 11.5 Å². The molecule has 1 aromatic heterocycles. The normalized spacial score (nSPS) is 14.8. The number of H-pyrrole nitrogens is 1. The van der Waals surface area contributed by atoms with Crippen molar-refractivity contribution in [2.45, 2.75) is 64.7 Å². The number of aromatic nitrogens is 2. The molecule has 0 saturated heterocycles. The summed E-state index contributed by atoms with van der Waals surface area (Å²) in [7, 11) is 0. The van der Waals surface area contributed by atoms with E-state index in [1.807, 2.05) is 0 Å². The van der Waals surface area contributed by atoms with Crippen LogP contribution in [-0.4, -0.2) is 68.8 Å². The SMILES string of the molecule is CC(C)C(NC(=O)C(NC(=O)C(CC(N)=O)NC(=O)C(N)Cc1cnc[nH]1)C(C)C)C(=O)O. The van der Waals surface area contributed by atoms with Crippen LogP contribution in [0.1, 0.15) is 39.8 Å². The molecular formula is C20H33N7O6. The maximum absolute atomic E-state index is 12.8. The van der Waals surface area contributed by atoms with Crippen molar-refractivity contribution in [3.05, 3.63) is 18.2 Å². The second-order valence-electron chi connectivity index (χ2n) is 8.42. The van der Waals surface area contributed by atoms with Gasteiger partial charge in [-0.2, -0.15) is 0 Å². The lowest BCUT2D eigenvalue weighted by Crippen LogP contribution is -2.59. The van der Waals surface area contributed by atoms with Gasteiger partial charge in [0.25, 0.3) is 0 Å². The Hall–Kier alpha value is -3.48. The number of aromatic amines is 1. The number of nitrogens with zero attached hydrogens (tertiary/aromatic N) is 1. The Morgan fingerprint density at radius 3 is 2.00 bits per heavy atom. The van der Waals surface area contributed by atoms with Gasteiger partial charge in [0.05, 0.1) is 18.8 Å². The van der Waals surface area contributed by atoms with E-state index in [0.29, 0.717) is 5.69 Å². The van der Waals surface area contributed by atoms with Gasteiger partial charge in [0.2, 0.25) is 23.6 Å². The summed E-state index contributed by atoms with van der Waals surface area (Å²) in [6.45, 7) is 6.56. The fraction of sp³-hybridized carbons (Fsp3) is 0.600. The molecule has 4 atom stereocenters. The second-order valence-corrected chi connectivity index (χ2v) is 8.42. The van der Waals surface area contributed by atoms with Crippen LogP contribution in [0.25, 0.3) is 0 Å². The first kappa shape index (κ1) is 27.6. The fourth-order valence-corrected chi connectivity index (χ4v) is 2.96. The van der Waals surface area contributed by atoms with Crippen molar-refractivity contribution in [2.75, 3.05) is 0 Å². The van der Waals surface area contributed by atoms with Crippen LogP contribution >= 0.6 is 0 Å². The Kier molecular flexibility index (Phi) is 10.5. The van der Waals surface area contributed by atoms with Gasteiger partial charge >= 0.3 is 5.97 Å². The molecular weight excluding hydrogens is 434 g/mol. The molecule has 0 bridgehead atoms. The molecule has 33 heavy (non-hydrogen) atoms. The van der Waals surface area contributed by atoms with Gasteiger partial charge in [0.1, 0.15) is 18.1 Å². The number of carboxylic acids is 1. The van der Waals surface area contributed by atoms with Gasteiger partial charge in [-0.25, -0.2) is 9.78 Å². The summed E-state index contributed by atoms with van der Waals surface area (Å²) in [4.78, 5) is 67.5. The smallest absolute Gasteiger partial charge is 0.326 e. The molecule has 4 amide bonds. The molecule has 0 saturated carbocycles. The molecule has 0 aliphatic carbocycles. The fourth-order valence-electron chi connectivity index (χ4n) is 2.96. The van der Waals surface area contributed by atoms with Gasteiger partial charge in [-0.3, -0.25) is 19.2 Å². The standard InChI is InChI=1S/C20H33N7O6/c1-9(2)15(19(31)27-16(10(3)4)20(32)33)26-18(30)13(6-14(22)28)25-17(29)12(21)5-11-7-23-8-24-11/h7-10,12-13,15-16H,5-6,21H2,1-4H3,(H2,22,28)(H,23,24)(H,25,29)(H,26,30)(H,27,31)(H,32,33). The average molecular weight is 468 g/mol. The first-order valence-electron chi connectivity index (χ1n) is 10.5. The number of primary amides is 1. The van der Waals surface area contributed by atoms with Crippen molar-refractivity contribution in [2.24, 2.45) is 23.3 Å². The van der Waals surface area contributed by atoms with Crippen molar-refractivity contribution in [3.63, 3.8) is 0 Å². The number of hydrogen-bond donors (Lipinski definition) is 7. The van der Waals surface area contributed by atoms with Crippen LogP contribution in [0.2, 0.25) is 0 Å². The van der Waals surface area contributed by atoms with E-state index in [0.717, 1.165) is 0 Å². The summed E-state index contributed by atoms with van der Waals surface area (Å²) in [5.41, 5.74) is 11.7. The van der Waals surface area contributed by atoms with E-state index < -0.39 is 72.0 Å². The average Bonchev–Trinajstić information content (AvgIpc) is 3.21. The maximum Gasteiger partial charge on any atom is 0.326 e. The third-order valence-corrected chi connectivity index (χ3v) is 4.85. The van der Waals surface area contributed by atoms with E-state index in [1.54, 1.807) is 27.7 Å². The topological polar surface area (TPSA) is 222 Å². The minimum atomic E-state index is -1.38. The van der Waals surface area contributed by atoms with Crippen LogP contribution in [-0.2, 0) is 30.4 Å². The summed E-state index contributed by atoms with van der Waals surface area (Å²) in [5.74, 6) is -5.13. The molecule has 0 aliphatic rings. The van der Waals surface area contributed by atoms with E-state index in [2.05, 4.69) is 25.9 Å². The van der Waals surface area contributed by atoms with E-state index in [-0.39, 0.29) is 6.42 Å². The molecule has 0 aromatic carbocycles. The highest BCUT2D eigenvalue weighted by Crippen LogP contribution is 2.08. The van der Waals surface area contributed by atoms with Crippen molar-refractivity contribution < 1.29 is 29.1 Å². The first-order chi connectivity index (χ1) is 15.3.